The third kappa shape index (κ3) is 5.73. The lowest BCUT2D eigenvalue weighted by atomic mass is 10.1. The molecule has 1 nitrogen and oxygen atoms in total. The van der Waals surface area contributed by atoms with E-state index in [1.54, 1.807) is 0 Å². The predicted octanol–water partition coefficient (Wildman–Crippen LogP) is 5.07. The van der Waals surface area contributed by atoms with Gasteiger partial charge in [0.2, 0.25) is 8.32 Å². The normalized spacial score (nSPS) is 12.6. The number of rotatable bonds is 6. The molecule has 0 aliphatic heterocycles. The van der Waals surface area contributed by atoms with E-state index in [0.717, 1.165) is 12.2 Å². The SMILES string of the molecule is CCCC/C=C(\O[Si](C)(C)C)c1ccccc1. The van der Waals surface area contributed by atoms with E-state index in [4.69, 9.17) is 4.43 Å². The maximum absolute atomic E-state index is 6.17. The standard InChI is InChI=1S/C15H24OSi/c1-5-6-8-13-15(16-17(2,3)4)14-11-9-7-10-12-14/h7,9-13H,5-6,8H2,1-4H3/b15-13-. The number of benzene rings is 1. The molecule has 17 heavy (non-hydrogen) atoms. The minimum Gasteiger partial charge on any atom is -0.544 e. The maximum Gasteiger partial charge on any atom is 0.242 e. The van der Waals surface area contributed by atoms with E-state index in [1.165, 1.54) is 18.4 Å². The van der Waals surface area contributed by atoms with Crippen molar-refractivity contribution in [2.45, 2.75) is 45.8 Å². The fourth-order valence-electron chi connectivity index (χ4n) is 1.59. The van der Waals surface area contributed by atoms with Crippen LogP contribution in [0.5, 0.6) is 0 Å². The van der Waals surface area contributed by atoms with Gasteiger partial charge in [-0.15, -0.1) is 0 Å². The monoisotopic (exact) mass is 248 g/mol. The van der Waals surface area contributed by atoms with E-state index >= 15 is 0 Å². The fourth-order valence-corrected chi connectivity index (χ4v) is 2.45. The van der Waals surface area contributed by atoms with Crippen molar-refractivity contribution in [3.63, 3.8) is 0 Å². The number of hydrogen-bond acceptors (Lipinski definition) is 1. The van der Waals surface area contributed by atoms with Crippen molar-refractivity contribution >= 4 is 14.1 Å². The van der Waals surface area contributed by atoms with Crippen molar-refractivity contribution in [2.24, 2.45) is 0 Å². The summed E-state index contributed by atoms with van der Waals surface area (Å²) < 4.78 is 6.17. The second kappa shape index (κ2) is 6.65. The highest BCUT2D eigenvalue weighted by Crippen LogP contribution is 2.22. The summed E-state index contributed by atoms with van der Waals surface area (Å²) in [6, 6.07) is 10.4. The van der Waals surface area contributed by atoms with E-state index in [-0.39, 0.29) is 0 Å². The molecule has 1 rings (SSSR count). The topological polar surface area (TPSA) is 9.23 Å². The van der Waals surface area contributed by atoms with Crippen LogP contribution in [0.3, 0.4) is 0 Å². The first-order valence-corrected chi connectivity index (χ1v) is 9.88. The van der Waals surface area contributed by atoms with Crippen LogP contribution in [-0.4, -0.2) is 8.32 Å². The zero-order valence-electron chi connectivity index (χ0n) is 11.5. The highest BCUT2D eigenvalue weighted by atomic mass is 28.4. The molecular formula is C15H24OSi. The Kier molecular flexibility index (Phi) is 5.49. The molecule has 0 heterocycles. The minimum atomic E-state index is -1.53. The Morgan fingerprint density at radius 3 is 2.35 bits per heavy atom. The Bertz CT molecular complexity index is 349. The molecule has 0 amide bonds. The quantitative estimate of drug-likeness (QED) is 0.388. The molecule has 0 aromatic heterocycles. The van der Waals surface area contributed by atoms with Crippen LogP contribution in [0.15, 0.2) is 36.4 Å². The Labute approximate surface area is 107 Å². The van der Waals surface area contributed by atoms with Crippen molar-refractivity contribution in [3.8, 4) is 0 Å². The molecular weight excluding hydrogens is 224 g/mol. The van der Waals surface area contributed by atoms with Crippen molar-refractivity contribution in [1.29, 1.82) is 0 Å². The summed E-state index contributed by atoms with van der Waals surface area (Å²) in [6.45, 7) is 8.90. The Balaban J connectivity index is 2.83. The lowest BCUT2D eigenvalue weighted by Gasteiger charge is -2.22. The third-order valence-electron chi connectivity index (χ3n) is 2.36. The first kappa shape index (κ1) is 14.0. The lowest BCUT2D eigenvalue weighted by Crippen LogP contribution is -2.24. The van der Waals surface area contributed by atoms with E-state index in [1.807, 2.05) is 6.07 Å². The first-order chi connectivity index (χ1) is 8.03. The van der Waals surface area contributed by atoms with E-state index in [0.29, 0.717) is 0 Å². The summed E-state index contributed by atoms with van der Waals surface area (Å²) in [5, 5.41) is 0. The van der Waals surface area contributed by atoms with Crippen LogP contribution in [0.25, 0.3) is 5.76 Å². The molecule has 0 saturated heterocycles. The third-order valence-corrected chi connectivity index (χ3v) is 3.19. The Hall–Kier alpha value is -1.02. The molecule has 94 valence electrons. The van der Waals surface area contributed by atoms with Crippen LogP contribution in [0, 0.1) is 0 Å². The number of unbranched alkanes of at least 4 members (excludes halogenated alkanes) is 2. The van der Waals surface area contributed by atoms with Crippen LogP contribution >= 0.6 is 0 Å². The Morgan fingerprint density at radius 2 is 1.82 bits per heavy atom. The van der Waals surface area contributed by atoms with Crippen molar-refractivity contribution in [2.75, 3.05) is 0 Å². The second-order valence-electron chi connectivity index (χ2n) is 5.29. The fraction of sp³-hybridized carbons (Fsp3) is 0.467. The average molecular weight is 248 g/mol. The van der Waals surface area contributed by atoms with Gasteiger partial charge in [0, 0.05) is 5.56 Å². The van der Waals surface area contributed by atoms with Gasteiger partial charge >= 0.3 is 0 Å². The van der Waals surface area contributed by atoms with Gasteiger partial charge in [0.1, 0.15) is 5.76 Å². The van der Waals surface area contributed by atoms with E-state index < -0.39 is 8.32 Å². The highest BCUT2D eigenvalue weighted by molar-refractivity contribution is 6.70. The highest BCUT2D eigenvalue weighted by Gasteiger charge is 2.18. The molecule has 0 bridgehead atoms. The number of allylic oxidation sites excluding steroid dienone is 1. The Morgan fingerprint density at radius 1 is 1.18 bits per heavy atom. The molecule has 0 spiro atoms. The van der Waals surface area contributed by atoms with Gasteiger partial charge in [-0.25, -0.2) is 0 Å². The zero-order valence-corrected chi connectivity index (χ0v) is 12.5. The molecule has 0 aliphatic carbocycles. The average Bonchev–Trinajstić information content (AvgIpc) is 2.28. The summed E-state index contributed by atoms with van der Waals surface area (Å²) in [4.78, 5) is 0. The van der Waals surface area contributed by atoms with Gasteiger partial charge in [-0.05, 0) is 38.6 Å². The molecule has 1 aromatic carbocycles. The zero-order chi connectivity index (χ0) is 12.7. The largest absolute Gasteiger partial charge is 0.544 e. The molecule has 0 N–H and O–H groups in total. The minimum absolute atomic E-state index is 1.07. The van der Waals surface area contributed by atoms with Gasteiger partial charge in [-0.3, -0.25) is 0 Å². The van der Waals surface area contributed by atoms with Crippen molar-refractivity contribution < 1.29 is 4.43 Å². The summed E-state index contributed by atoms with van der Waals surface area (Å²) in [5.74, 6) is 1.07. The second-order valence-corrected chi connectivity index (χ2v) is 9.72. The van der Waals surface area contributed by atoms with Gasteiger partial charge < -0.3 is 4.43 Å². The molecule has 0 unspecified atom stereocenters. The van der Waals surface area contributed by atoms with Gasteiger partial charge in [0.05, 0.1) is 0 Å². The molecule has 0 atom stereocenters. The van der Waals surface area contributed by atoms with Crippen LogP contribution < -0.4 is 0 Å². The van der Waals surface area contributed by atoms with E-state index in [2.05, 4.69) is 56.9 Å². The smallest absolute Gasteiger partial charge is 0.242 e. The predicted molar refractivity (Wildman–Crippen MR) is 78.4 cm³/mol. The summed E-state index contributed by atoms with van der Waals surface area (Å²) in [7, 11) is -1.53. The van der Waals surface area contributed by atoms with E-state index in [9.17, 15) is 0 Å². The van der Waals surface area contributed by atoms with Crippen molar-refractivity contribution in [3.05, 3.63) is 42.0 Å². The lowest BCUT2D eigenvalue weighted by molar-refractivity contribution is 0.511. The van der Waals surface area contributed by atoms with Crippen molar-refractivity contribution in [1.82, 2.24) is 0 Å². The summed E-state index contributed by atoms with van der Waals surface area (Å²) >= 11 is 0. The molecule has 2 heteroatoms. The first-order valence-electron chi connectivity index (χ1n) is 6.47. The van der Waals surface area contributed by atoms with Gasteiger partial charge in [-0.2, -0.15) is 0 Å². The van der Waals surface area contributed by atoms with Crippen LogP contribution in [0.4, 0.5) is 0 Å². The van der Waals surface area contributed by atoms with Gasteiger partial charge in [-0.1, -0.05) is 43.7 Å². The molecule has 1 aromatic rings. The van der Waals surface area contributed by atoms with Crippen LogP contribution in [0.1, 0.15) is 31.7 Å². The summed E-state index contributed by atoms with van der Waals surface area (Å²) in [5.41, 5.74) is 1.20. The van der Waals surface area contributed by atoms with Crippen LogP contribution in [0.2, 0.25) is 19.6 Å². The summed E-state index contributed by atoms with van der Waals surface area (Å²) in [6.07, 6.45) is 5.80. The number of hydrogen-bond donors (Lipinski definition) is 0. The molecule has 0 saturated carbocycles. The van der Waals surface area contributed by atoms with Crippen LogP contribution in [-0.2, 0) is 4.43 Å². The van der Waals surface area contributed by atoms with Gasteiger partial charge in [0.25, 0.3) is 0 Å². The molecule has 0 radical (unpaired) electrons. The van der Waals surface area contributed by atoms with Gasteiger partial charge in [0.15, 0.2) is 0 Å². The molecule has 0 fully saturated rings. The molecule has 0 aliphatic rings. The maximum atomic E-state index is 6.17.